The normalized spacial score (nSPS) is 11.0. The summed E-state index contributed by atoms with van der Waals surface area (Å²) in [6.07, 6.45) is 0. The van der Waals surface area contributed by atoms with E-state index in [0.717, 1.165) is 11.3 Å². The van der Waals surface area contributed by atoms with Gasteiger partial charge in [0.15, 0.2) is 0 Å². The molecule has 3 rings (SSSR count). The maximum atomic E-state index is 6.24. The minimum absolute atomic E-state index is 0.647. The molecule has 24 heavy (non-hydrogen) atoms. The first-order valence-corrected chi connectivity index (χ1v) is 8.72. The zero-order valence-electron chi connectivity index (χ0n) is 13.5. The summed E-state index contributed by atoms with van der Waals surface area (Å²) in [5.41, 5.74) is 2.19. The van der Waals surface area contributed by atoms with Crippen molar-refractivity contribution in [3.8, 4) is 5.75 Å². The van der Waals surface area contributed by atoms with Gasteiger partial charge in [0.2, 0.25) is 0 Å². The lowest BCUT2D eigenvalue weighted by Crippen LogP contribution is -2.14. The van der Waals surface area contributed by atoms with Crippen molar-refractivity contribution in [2.24, 2.45) is 0 Å². The average molecular weight is 360 g/mol. The lowest BCUT2D eigenvalue weighted by Gasteiger charge is -2.14. The van der Waals surface area contributed by atoms with Crippen molar-refractivity contribution < 1.29 is 4.74 Å². The van der Waals surface area contributed by atoms with E-state index in [9.17, 15) is 0 Å². The summed E-state index contributed by atoms with van der Waals surface area (Å²) in [7, 11) is 0. The number of hydrogen-bond acceptors (Lipinski definition) is 2. The topological polar surface area (TPSA) is 21.3 Å². The fourth-order valence-corrected chi connectivity index (χ4v) is 3.25. The maximum Gasteiger partial charge on any atom is 0.124 e. The van der Waals surface area contributed by atoms with Crippen molar-refractivity contribution in [1.29, 1.82) is 0 Å². The fourth-order valence-electron chi connectivity index (χ4n) is 2.78. The number of rotatable bonds is 6. The highest BCUT2D eigenvalue weighted by Gasteiger charge is 2.09. The molecule has 0 fully saturated rings. The quantitative estimate of drug-likeness (QED) is 0.597. The predicted octanol–water partition coefficient (Wildman–Crippen LogP) is 5.84. The van der Waals surface area contributed by atoms with E-state index in [1.807, 2.05) is 31.2 Å². The molecule has 0 saturated carbocycles. The van der Waals surface area contributed by atoms with Crippen molar-refractivity contribution in [2.45, 2.75) is 20.0 Å². The zero-order chi connectivity index (χ0) is 16.9. The van der Waals surface area contributed by atoms with Crippen LogP contribution in [0.15, 0.2) is 54.6 Å². The molecule has 4 heteroatoms. The van der Waals surface area contributed by atoms with Crippen LogP contribution in [0.1, 0.15) is 18.1 Å². The van der Waals surface area contributed by atoms with Crippen LogP contribution in [-0.2, 0) is 13.1 Å². The van der Waals surface area contributed by atoms with Gasteiger partial charge in [-0.2, -0.15) is 0 Å². The van der Waals surface area contributed by atoms with E-state index in [1.54, 1.807) is 6.07 Å². The third-order valence-corrected chi connectivity index (χ3v) is 4.52. The van der Waals surface area contributed by atoms with Crippen molar-refractivity contribution in [3.05, 3.63) is 75.8 Å². The fraction of sp³-hybridized carbons (Fsp3) is 0.200. The minimum Gasteiger partial charge on any atom is -0.494 e. The van der Waals surface area contributed by atoms with Crippen molar-refractivity contribution in [1.82, 2.24) is 5.32 Å². The van der Waals surface area contributed by atoms with Crippen LogP contribution in [0.25, 0.3) is 10.8 Å². The summed E-state index contributed by atoms with van der Waals surface area (Å²) in [6.45, 7) is 4.02. The molecule has 0 heterocycles. The molecule has 0 unspecified atom stereocenters. The first kappa shape index (κ1) is 17.1. The van der Waals surface area contributed by atoms with E-state index in [-0.39, 0.29) is 0 Å². The molecule has 0 amide bonds. The summed E-state index contributed by atoms with van der Waals surface area (Å²) < 4.78 is 5.80. The van der Waals surface area contributed by atoms with Gasteiger partial charge in [-0.05, 0) is 41.5 Å². The Morgan fingerprint density at radius 2 is 1.79 bits per heavy atom. The summed E-state index contributed by atoms with van der Waals surface area (Å²) in [5, 5.41) is 7.21. The number of nitrogens with one attached hydrogen (secondary N) is 1. The van der Waals surface area contributed by atoms with E-state index in [4.69, 9.17) is 27.9 Å². The molecule has 124 valence electrons. The molecule has 0 aromatic heterocycles. The van der Waals surface area contributed by atoms with Crippen LogP contribution in [0.4, 0.5) is 0 Å². The third-order valence-electron chi connectivity index (χ3n) is 3.93. The molecular weight excluding hydrogens is 341 g/mol. The Hall–Kier alpha value is -1.74. The predicted molar refractivity (Wildman–Crippen MR) is 102 cm³/mol. The van der Waals surface area contributed by atoms with Gasteiger partial charge in [-0.1, -0.05) is 59.6 Å². The van der Waals surface area contributed by atoms with Gasteiger partial charge in [-0.25, -0.2) is 0 Å². The average Bonchev–Trinajstić information content (AvgIpc) is 2.58. The highest BCUT2D eigenvalue weighted by Crippen LogP contribution is 2.28. The van der Waals surface area contributed by atoms with E-state index in [0.29, 0.717) is 29.7 Å². The van der Waals surface area contributed by atoms with Gasteiger partial charge in [0.25, 0.3) is 0 Å². The number of halogens is 2. The van der Waals surface area contributed by atoms with E-state index >= 15 is 0 Å². The van der Waals surface area contributed by atoms with Gasteiger partial charge in [0.1, 0.15) is 5.75 Å². The molecule has 2 nitrogen and oxygen atoms in total. The Bertz CT molecular complexity index is 848. The van der Waals surface area contributed by atoms with Gasteiger partial charge in [-0.3, -0.25) is 0 Å². The van der Waals surface area contributed by atoms with Gasteiger partial charge < -0.3 is 10.1 Å². The van der Waals surface area contributed by atoms with Crippen LogP contribution in [0.5, 0.6) is 5.75 Å². The van der Waals surface area contributed by atoms with E-state index in [1.165, 1.54) is 16.3 Å². The smallest absolute Gasteiger partial charge is 0.124 e. The summed E-state index contributed by atoms with van der Waals surface area (Å²) in [4.78, 5) is 0. The monoisotopic (exact) mass is 359 g/mol. The lowest BCUT2D eigenvalue weighted by atomic mass is 10.0. The van der Waals surface area contributed by atoms with Crippen LogP contribution >= 0.6 is 23.2 Å². The Morgan fingerprint density at radius 3 is 2.58 bits per heavy atom. The maximum absolute atomic E-state index is 6.24. The SMILES string of the molecule is CCOc1ccc2ccccc2c1CNCc1ccc(Cl)cc1Cl. The third kappa shape index (κ3) is 3.84. The molecule has 0 aliphatic carbocycles. The molecule has 0 saturated heterocycles. The van der Waals surface area contributed by atoms with Crippen molar-refractivity contribution >= 4 is 34.0 Å². The largest absolute Gasteiger partial charge is 0.494 e. The van der Waals surface area contributed by atoms with Crippen LogP contribution in [-0.4, -0.2) is 6.61 Å². The second-order valence-corrected chi connectivity index (χ2v) is 6.38. The number of benzene rings is 3. The Labute approximate surface area is 152 Å². The number of hydrogen-bond donors (Lipinski definition) is 1. The second kappa shape index (κ2) is 7.89. The van der Waals surface area contributed by atoms with Crippen LogP contribution in [0.2, 0.25) is 10.0 Å². The Kier molecular flexibility index (Phi) is 5.62. The minimum atomic E-state index is 0.647. The van der Waals surface area contributed by atoms with Crippen LogP contribution in [0, 0.1) is 0 Å². The lowest BCUT2D eigenvalue weighted by molar-refractivity contribution is 0.336. The summed E-state index contributed by atoms with van der Waals surface area (Å²) in [6, 6.07) is 18.1. The molecule has 0 aliphatic heterocycles. The standard InChI is InChI=1S/C20H19Cl2NO/c1-2-24-20-10-8-14-5-3-4-6-17(14)18(20)13-23-12-15-7-9-16(21)11-19(15)22/h3-11,23H,2,12-13H2,1H3. The highest BCUT2D eigenvalue weighted by molar-refractivity contribution is 6.35. The first-order chi connectivity index (χ1) is 11.7. The molecule has 0 bridgehead atoms. The van der Waals surface area contributed by atoms with Crippen molar-refractivity contribution in [3.63, 3.8) is 0 Å². The van der Waals surface area contributed by atoms with Crippen molar-refractivity contribution in [2.75, 3.05) is 6.61 Å². The van der Waals surface area contributed by atoms with Crippen LogP contribution < -0.4 is 10.1 Å². The van der Waals surface area contributed by atoms with Gasteiger partial charge in [-0.15, -0.1) is 0 Å². The first-order valence-electron chi connectivity index (χ1n) is 7.97. The molecule has 0 radical (unpaired) electrons. The van der Waals surface area contributed by atoms with E-state index in [2.05, 4.69) is 29.6 Å². The summed E-state index contributed by atoms with van der Waals surface area (Å²) in [5.74, 6) is 0.922. The number of ether oxygens (including phenoxy) is 1. The molecule has 1 N–H and O–H groups in total. The number of fused-ring (bicyclic) bond motifs is 1. The van der Waals surface area contributed by atoms with E-state index < -0.39 is 0 Å². The molecule has 3 aromatic rings. The zero-order valence-corrected chi connectivity index (χ0v) is 15.0. The summed E-state index contributed by atoms with van der Waals surface area (Å²) >= 11 is 12.2. The van der Waals surface area contributed by atoms with Gasteiger partial charge in [0.05, 0.1) is 6.61 Å². The molecule has 0 atom stereocenters. The Morgan fingerprint density at radius 1 is 0.958 bits per heavy atom. The van der Waals surface area contributed by atoms with Crippen LogP contribution in [0.3, 0.4) is 0 Å². The molecule has 0 spiro atoms. The second-order valence-electron chi connectivity index (χ2n) is 5.54. The highest BCUT2D eigenvalue weighted by atomic mass is 35.5. The van der Waals surface area contributed by atoms with Gasteiger partial charge >= 0.3 is 0 Å². The molecular formula is C20H19Cl2NO. The molecule has 3 aromatic carbocycles. The Balaban J connectivity index is 1.82. The molecule has 0 aliphatic rings. The van der Waals surface area contributed by atoms with Gasteiger partial charge in [0, 0.05) is 28.7 Å².